The predicted molar refractivity (Wildman–Crippen MR) is 111 cm³/mol. The van der Waals surface area contributed by atoms with Crippen molar-refractivity contribution >= 4 is 17.7 Å². The fourth-order valence-electron chi connectivity index (χ4n) is 6.04. The van der Waals surface area contributed by atoms with E-state index in [1.807, 2.05) is 4.90 Å². The zero-order valence-corrected chi connectivity index (χ0v) is 17.8. The minimum Gasteiger partial charge on any atom is -0.497 e. The topological polar surface area (TPSA) is 111 Å². The van der Waals surface area contributed by atoms with E-state index in [9.17, 15) is 14.4 Å². The van der Waals surface area contributed by atoms with Crippen LogP contribution < -0.4 is 20.5 Å². The zero-order chi connectivity index (χ0) is 21.8. The number of methoxy groups -OCH3 is 1. The Morgan fingerprint density at radius 2 is 2.00 bits per heavy atom. The SMILES string of the molecule is COc1ccc2c(c1)OC1(CC3CCC1CC3C(=O)N1CCC(C(N)=O)CC1)NC2=O. The first-order valence-corrected chi connectivity index (χ1v) is 11.2. The lowest BCUT2D eigenvalue weighted by Crippen LogP contribution is -2.67. The summed E-state index contributed by atoms with van der Waals surface area (Å²) in [4.78, 5) is 39.5. The molecule has 2 aliphatic heterocycles. The van der Waals surface area contributed by atoms with Crippen LogP contribution in [0.15, 0.2) is 18.2 Å². The molecule has 6 rings (SSSR count). The lowest BCUT2D eigenvalue weighted by Gasteiger charge is -2.55. The first-order valence-electron chi connectivity index (χ1n) is 11.2. The van der Waals surface area contributed by atoms with Crippen molar-refractivity contribution in [1.82, 2.24) is 10.2 Å². The standard InChI is InChI=1S/C23H29N3O5/c1-30-16-4-5-17-19(11-16)31-23(25-21(17)28)12-14-2-3-15(23)10-18(14)22(29)26-8-6-13(7-9-26)20(24)27/h4-5,11,13-15,18H,2-3,6-10,12H2,1H3,(H2,24,27)(H,25,28). The molecular weight excluding hydrogens is 398 g/mol. The molecule has 0 radical (unpaired) electrons. The van der Waals surface area contributed by atoms with Crippen LogP contribution >= 0.6 is 0 Å². The van der Waals surface area contributed by atoms with Gasteiger partial charge in [0.1, 0.15) is 11.5 Å². The van der Waals surface area contributed by atoms with Crippen LogP contribution in [0, 0.1) is 23.7 Å². The van der Waals surface area contributed by atoms with Crippen LogP contribution in [0.3, 0.4) is 0 Å². The van der Waals surface area contributed by atoms with Crippen molar-refractivity contribution in [2.75, 3.05) is 20.2 Å². The number of hydrogen-bond acceptors (Lipinski definition) is 5. The number of rotatable bonds is 3. The van der Waals surface area contributed by atoms with Gasteiger partial charge in [-0.3, -0.25) is 14.4 Å². The van der Waals surface area contributed by atoms with E-state index in [4.69, 9.17) is 15.2 Å². The van der Waals surface area contributed by atoms with E-state index in [1.54, 1.807) is 25.3 Å². The van der Waals surface area contributed by atoms with Crippen molar-refractivity contribution < 1.29 is 23.9 Å². The fraction of sp³-hybridized carbons (Fsp3) is 0.609. The van der Waals surface area contributed by atoms with Crippen LogP contribution in [0.4, 0.5) is 0 Å². The molecule has 8 nitrogen and oxygen atoms in total. The van der Waals surface area contributed by atoms with Crippen LogP contribution in [0.5, 0.6) is 11.5 Å². The molecule has 4 atom stereocenters. The molecule has 4 unspecified atom stereocenters. The fourth-order valence-corrected chi connectivity index (χ4v) is 6.04. The van der Waals surface area contributed by atoms with Crippen LogP contribution in [0.2, 0.25) is 0 Å². The molecule has 1 saturated heterocycles. The number of hydrogen-bond donors (Lipinski definition) is 2. The summed E-state index contributed by atoms with van der Waals surface area (Å²) in [6.45, 7) is 1.18. The van der Waals surface area contributed by atoms with Gasteiger partial charge in [0.2, 0.25) is 11.8 Å². The van der Waals surface area contributed by atoms with Crippen LogP contribution in [0.25, 0.3) is 0 Å². The number of carbonyl (C=O) groups is 3. The molecule has 31 heavy (non-hydrogen) atoms. The number of fused-ring (bicyclic) bond motifs is 3. The Hall–Kier alpha value is -2.77. The lowest BCUT2D eigenvalue weighted by atomic mass is 9.59. The summed E-state index contributed by atoms with van der Waals surface area (Å²) in [7, 11) is 1.59. The second-order valence-corrected chi connectivity index (χ2v) is 9.39. The minimum atomic E-state index is -0.755. The number of nitrogens with one attached hydrogen (secondary N) is 1. The van der Waals surface area contributed by atoms with E-state index >= 15 is 0 Å². The number of carbonyl (C=O) groups excluding carboxylic acids is 3. The van der Waals surface area contributed by atoms with Gasteiger partial charge < -0.3 is 25.4 Å². The van der Waals surface area contributed by atoms with Gasteiger partial charge in [-0.05, 0) is 50.2 Å². The Bertz CT molecular complexity index is 926. The number of ether oxygens (including phenoxy) is 2. The number of amides is 3. The molecule has 0 aromatic heterocycles. The van der Waals surface area contributed by atoms with Crippen LogP contribution in [-0.4, -0.2) is 48.5 Å². The molecule has 3 saturated carbocycles. The van der Waals surface area contributed by atoms with Crippen molar-refractivity contribution in [3.8, 4) is 11.5 Å². The molecular formula is C23H29N3O5. The van der Waals surface area contributed by atoms with E-state index in [0.717, 1.165) is 12.8 Å². The van der Waals surface area contributed by atoms with E-state index in [2.05, 4.69) is 5.32 Å². The smallest absolute Gasteiger partial charge is 0.258 e. The second kappa shape index (κ2) is 7.43. The maximum Gasteiger partial charge on any atom is 0.258 e. The summed E-state index contributed by atoms with van der Waals surface area (Å²) in [6.07, 6.45) is 4.52. The molecule has 3 N–H and O–H groups in total. The second-order valence-electron chi connectivity index (χ2n) is 9.39. The zero-order valence-electron chi connectivity index (χ0n) is 17.8. The molecule has 4 fully saturated rings. The Morgan fingerprint density at radius 3 is 2.65 bits per heavy atom. The molecule has 3 amide bonds. The van der Waals surface area contributed by atoms with Gasteiger partial charge in [0, 0.05) is 43.3 Å². The van der Waals surface area contributed by atoms with Crippen molar-refractivity contribution in [2.24, 2.45) is 29.4 Å². The average Bonchev–Trinajstić information content (AvgIpc) is 2.78. The molecule has 8 heteroatoms. The maximum atomic E-state index is 13.3. The van der Waals surface area contributed by atoms with Gasteiger partial charge in [0.05, 0.1) is 12.7 Å². The van der Waals surface area contributed by atoms with E-state index in [-0.39, 0.29) is 41.4 Å². The Kier molecular flexibility index (Phi) is 4.83. The third-order valence-corrected chi connectivity index (χ3v) is 7.80. The van der Waals surface area contributed by atoms with Gasteiger partial charge in [-0.15, -0.1) is 0 Å². The Morgan fingerprint density at radius 1 is 1.23 bits per heavy atom. The molecule has 2 heterocycles. The maximum absolute atomic E-state index is 13.3. The molecule has 166 valence electrons. The number of piperidine rings is 1. The Balaban J connectivity index is 1.32. The lowest BCUT2D eigenvalue weighted by molar-refractivity contribution is -0.157. The first-order chi connectivity index (χ1) is 14.9. The monoisotopic (exact) mass is 427 g/mol. The third kappa shape index (κ3) is 3.32. The van der Waals surface area contributed by atoms with Crippen molar-refractivity contribution in [3.63, 3.8) is 0 Å². The van der Waals surface area contributed by atoms with E-state index in [0.29, 0.717) is 55.8 Å². The molecule has 2 bridgehead atoms. The van der Waals surface area contributed by atoms with Crippen LogP contribution in [-0.2, 0) is 9.59 Å². The minimum absolute atomic E-state index is 0.0540. The highest BCUT2D eigenvalue weighted by Gasteiger charge is 2.57. The van der Waals surface area contributed by atoms with Crippen molar-refractivity contribution in [2.45, 2.75) is 44.2 Å². The molecule has 5 aliphatic rings. The van der Waals surface area contributed by atoms with E-state index in [1.165, 1.54) is 0 Å². The highest BCUT2D eigenvalue weighted by Crippen LogP contribution is 2.53. The molecule has 1 spiro atoms. The first kappa shape index (κ1) is 20.2. The predicted octanol–water partition coefficient (Wildman–Crippen LogP) is 1.67. The number of benzene rings is 1. The van der Waals surface area contributed by atoms with Gasteiger partial charge in [0.25, 0.3) is 5.91 Å². The third-order valence-electron chi connectivity index (χ3n) is 7.80. The number of likely N-dealkylation sites (tertiary alicyclic amines) is 1. The van der Waals surface area contributed by atoms with Gasteiger partial charge in [-0.1, -0.05) is 0 Å². The van der Waals surface area contributed by atoms with Gasteiger partial charge in [0.15, 0.2) is 5.72 Å². The van der Waals surface area contributed by atoms with Crippen LogP contribution in [0.1, 0.15) is 48.9 Å². The number of nitrogens with zero attached hydrogens (tertiary/aromatic N) is 1. The average molecular weight is 428 g/mol. The van der Waals surface area contributed by atoms with Gasteiger partial charge in [-0.25, -0.2) is 0 Å². The van der Waals surface area contributed by atoms with Crippen molar-refractivity contribution in [1.29, 1.82) is 0 Å². The van der Waals surface area contributed by atoms with Gasteiger partial charge in [-0.2, -0.15) is 0 Å². The number of primary amides is 1. The summed E-state index contributed by atoms with van der Waals surface area (Å²) in [5.41, 5.74) is 5.18. The van der Waals surface area contributed by atoms with Crippen molar-refractivity contribution in [3.05, 3.63) is 23.8 Å². The quantitative estimate of drug-likeness (QED) is 0.762. The molecule has 3 aliphatic carbocycles. The largest absolute Gasteiger partial charge is 0.497 e. The summed E-state index contributed by atoms with van der Waals surface area (Å²) < 4.78 is 11.7. The normalized spacial score (nSPS) is 32.2. The summed E-state index contributed by atoms with van der Waals surface area (Å²) in [6, 6.07) is 5.24. The van der Waals surface area contributed by atoms with E-state index < -0.39 is 5.72 Å². The Labute approximate surface area is 181 Å². The summed E-state index contributed by atoms with van der Waals surface area (Å²) in [5, 5.41) is 3.14. The highest BCUT2D eigenvalue weighted by atomic mass is 16.5. The molecule has 1 aromatic rings. The van der Waals surface area contributed by atoms with Gasteiger partial charge >= 0.3 is 0 Å². The molecule has 1 aromatic carbocycles. The summed E-state index contributed by atoms with van der Waals surface area (Å²) in [5.74, 6) is 1.04. The highest BCUT2D eigenvalue weighted by molar-refractivity contribution is 5.98. The number of nitrogens with two attached hydrogens (primary N) is 1. The summed E-state index contributed by atoms with van der Waals surface area (Å²) >= 11 is 0.